The highest BCUT2D eigenvalue weighted by molar-refractivity contribution is 14.1. The molecule has 5 nitrogen and oxygen atoms in total. The minimum Gasteiger partial charge on any atom is -0.497 e. The van der Waals surface area contributed by atoms with Crippen LogP contribution in [0.15, 0.2) is 54.6 Å². The fourth-order valence-electron chi connectivity index (χ4n) is 4.63. The summed E-state index contributed by atoms with van der Waals surface area (Å²) in [7, 11) is -2.31. The van der Waals surface area contributed by atoms with Crippen LogP contribution >= 0.6 is 22.6 Å². The summed E-state index contributed by atoms with van der Waals surface area (Å²) in [6.07, 6.45) is 2.04. The van der Waals surface area contributed by atoms with E-state index in [2.05, 4.69) is 34.7 Å². The summed E-state index contributed by atoms with van der Waals surface area (Å²) < 4.78 is 36.6. The Morgan fingerprint density at radius 2 is 1.63 bits per heavy atom. The largest absolute Gasteiger partial charge is 0.497 e. The molecular formula is C23H27IO5S. The van der Waals surface area contributed by atoms with Crippen LogP contribution in [0.1, 0.15) is 33.1 Å². The molecule has 2 fully saturated rings. The Morgan fingerprint density at radius 1 is 1.03 bits per heavy atom. The lowest BCUT2D eigenvalue weighted by atomic mass is 9.70. The number of fused-ring (bicyclic) bond motifs is 2. The second kappa shape index (κ2) is 8.86. The summed E-state index contributed by atoms with van der Waals surface area (Å²) in [5.41, 5.74) is -1.09. The first-order chi connectivity index (χ1) is 14.1. The second-order valence-electron chi connectivity index (χ2n) is 8.42. The maximum absolute atomic E-state index is 12.5. The number of methoxy groups -OCH3 is 1. The van der Waals surface area contributed by atoms with Gasteiger partial charge in [-0.05, 0) is 83.2 Å². The molecule has 0 amide bonds. The van der Waals surface area contributed by atoms with Gasteiger partial charge in [0, 0.05) is 9.99 Å². The SMILES string of the molecule is COc1ccc(OS(=O)(=O)CC23CCC(CC2=O)C3(C)C)cc1.Ic1ccccc1. The molecule has 2 bridgehead atoms. The first-order valence-electron chi connectivity index (χ1n) is 9.90. The van der Waals surface area contributed by atoms with E-state index in [1.54, 1.807) is 24.3 Å². The van der Waals surface area contributed by atoms with Crippen LogP contribution in [-0.2, 0) is 14.9 Å². The van der Waals surface area contributed by atoms with Gasteiger partial charge in [0.25, 0.3) is 0 Å². The van der Waals surface area contributed by atoms with Gasteiger partial charge in [0.1, 0.15) is 17.3 Å². The van der Waals surface area contributed by atoms with Crippen LogP contribution in [0.4, 0.5) is 0 Å². The van der Waals surface area contributed by atoms with Gasteiger partial charge in [0.2, 0.25) is 0 Å². The average molecular weight is 542 g/mol. The van der Waals surface area contributed by atoms with Crippen molar-refractivity contribution in [1.29, 1.82) is 0 Å². The maximum atomic E-state index is 12.5. The van der Waals surface area contributed by atoms with Crippen LogP contribution in [0.2, 0.25) is 0 Å². The molecule has 0 spiro atoms. The number of hydrogen-bond acceptors (Lipinski definition) is 5. The lowest BCUT2D eigenvalue weighted by Crippen LogP contribution is -2.43. The quantitative estimate of drug-likeness (QED) is 0.389. The highest BCUT2D eigenvalue weighted by Gasteiger charge is 2.65. The first-order valence-corrected chi connectivity index (χ1v) is 12.6. The smallest absolute Gasteiger partial charge is 0.310 e. The average Bonchev–Trinajstić information content (AvgIpc) is 3.03. The van der Waals surface area contributed by atoms with Gasteiger partial charge in [-0.2, -0.15) is 8.42 Å². The Labute approximate surface area is 192 Å². The highest BCUT2D eigenvalue weighted by atomic mass is 127. The van der Waals surface area contributed by atoms with Crippen molar-refractivity contribution in [3.8, 4) is 11.5 Å². The van der Waals surface area contributed by atoms with E-state index < -0.39 is 15.5 Å². The Bertz CT molecular complexity index is 986. The van der Waals surface area contributed by atoms with Gasteiger partial charge in [-0.15, -0.1) is 0 Å². The molecule has 7 heteroatoms. The third-order valence-corrected chi connectivity index (χ3v) is 8.59. The Balaban J connectivity index is 0.000000310. The van der Waals surface area contributed by atoms with E-state index in [9.17, 15) is 13.2 Å². The lowest BCUT2D eigenvalue weighted by molar-refractivity contribution is -0.128. The molecule has 0 N–H and O–H groups in total. The normalized spacial score (nSPS) is 24.1. The minimum atomic E-state index is -3.85. The number of rotatable bonds is 5. The standard InChI is InChI=1S/C17H22O5S.C6H5I/c1-16(2)12-8-9-17(16,15(18)10-12)11-23(19,20)22-14-6-4-13(21-3)5-7-14;7-6-4-2-1-3-5-6/h4-7,12H,8-11H2,1-3H3;1-5H. The van der Waals surface area contributed by atoms with Gasteiger partial charge < -0.3 is 8.92 Å². The molecule has 2 atom stereocenters. The summed E-state index contributed by atoms with van der Waals surface area (Å²) in [6, 6.07) is 16.6. The van der Waals surface area contributed by atoms with Crippen LogP contribution < -0.4 is 8.92 Å². The zero-order chi connectivity index (χ0) is 22.0. The zero-order valence-corrected chi connectivity index (χ0v) is 20.4. The fraction of sp³-hybridized carbons (Fsp3) is 0.435. The van der Waals surface area contributed by atoms with E-state index in [-0.39, 0.29) is 28.6 Å². The van der Waals surface area contributed by atoms with Crippen molar-refractivity contribution in [2.45, 2.75) is 33.1 Å². The zero-order valence-electron chi connectivity index (χ0n) is 17.4. The van der Waals surface area contributed by atoms with Crippen molar-refractivity contribution in [3.05, 3.63) is 58.2 Å². The number of halogens is 1. The number of ether oxygens (including phenoxy) is 1. The fourth-order valence-corrected chi connectivity index (χ4v) is 6.79. The molecule has 4 rings (SSSR count). The number of carbonyl (C=O) groups excluding carboxylic acids is 1. The van der Waals surface area contributed by atoms with Crippen molar-refractivity contribution < 1.29 is 22.1 Å². The molecule has 0 heterocycles. The Hall–Kier alpha value is -1.61. The topological polar surface area (TPSA) is 69.7 Å². The number of benzene rings is 2. The van der Waals surface area contributed by atoms with Crippen LogP contribution in [-0.4, -0.2) is 27.1 Å². The van der Waals surface area contributed by atoms with Crippen molar-refractivity contribution in [2.75, 3.05) is 12.9 Å². The third kappa shape index (κ3) is 4.66. The lowest BCUT2D eigenvalue weighted by Gasteiger charge is -2.35. The summed E-state index contributed by atoms with van der Waals surface area (Å²) in [4.78, 5) is 12.5. The van der Waals surface area contributed by atoms with E-state index in [0.29, 0.717) is 18.6 Å². The number of carbonyl (C=O) groups is 1. The first kappa shape index (κ1) is 23.1. The third-order valence-electron chi connectivity index (χ3n) is 6.58. The maximum Gasteiger partial charge on any atom is 0.310 e. The second-order valence-corrected chi connectivity index (χ2v) is 11.2. The molecule has 0 saturated heterocycles. The van der Waals surface area contributed by atoms with E-state index in [1.165, 1.54) is 10.7 Å². The molecule has 2 unspecified atom stereocenters. The van der Waals surface area contributed by atoms with Crippen LogP contribution in [0.25, 0.3) is 0 Å². The molecule has 2 aromatic carbocycles. The molecule has 0 aromatic heterocycles. The minimum absolute atomic E-state index is 0.0701. The molecule has 2 aliphatic rings. The van der Waals surface area contributed by atoms with Crippen molar-refractivity contribution in [3.63, 3.8) is 0 Å². The van der Waals surface area contributed by atoms with E-state index in [0.717, 1.165) is 6.42 Å². The predicted octanol–water partition coefficient (Wildman–Crippen LogP) is 5.09. The molecular weight excluding hydrogens is 515 g/mol. The molecule has 0 aliphatic heterocycles. The summed E-state index contributed by atoms with van der Waals surface area (Å²) in [6.45, 7) is 4.02. The monoisotopic (exact) mass is 542 g/mol. The van der Waals surface area contributed by atoms with Gasteiger partial charge >= 0.3 is 10.1 Å². The van der Waals surface area contributed by atoms with Gasteiger partial charge in [-0.3, -0.25) is 4.79 Å². The van der Waals surface area contributed by atoms with Crippen LogP contribution in [0.5, 0.6) is 11.5 Å². The van der Waals surface area contributed by atoms with Gasteiger partial charge in [-0.25, -0.2) is 0 Å². The summed E-state index contributed by atoms with van der Waals surface area (Å²) in [5, 5.41) is 0. The van der Waals surface area contributed by atoms with Gasteiger partial charge in [0.05, 0.1) is 18.3 Å². The van der Waals surface area contributed by atoms with Crippen molar-refractivity contribution in [1.82, 2.24) is 0 Å². The van der Waals surface area contributed by atoms with E-state index in [1.807, 2.05) is 32.0 Å². The summed E-state index contributed by atoms with van der Waals surface area (Å²) >= 11 is 2.28. The molecule has 0 radical (unpaired) electrons. The summed E-state index contributed by atoms with van der Waals surface area (Å²) in [5.74, 6) is 0.972. The highest BCUT2D eigenvalue weighted by Crippen LogP contribution is 2.64. The van der Waals surface area contributed by atoms with E-state index in [4.69, 9.17) is 8.92 Å². The molecule has 162 valence electrons. The Morgan fingerprint density at radius 3 is 2.07 bits per heavy atom. The van der Waals surface area contributed by atoms with Crippen molar-refractivity contribution >= 4 is 38.5 Å². The van der Waals surface area contributed by atoms with Crippen molar-refractivity contribution in [2.24, 2.45) is 16.7 Å². The van der Waals surface area contributed by atoms with Gasteiger partial charge in [0.15, 0.2) is 0 Å². The van der Waals surface area contributed by atoms with Crippen LogP contribution in [0, 0.1) is 20.3 Å². The van der Waals surface area contributed by atoms with E-state index >= 15 is 0 Å². The molecule has 30 heavy (non-hydrogen) atoms. The molecule has 2 aromatic rings. The van der Waals surface area contributed by atoms with Gasteiger partial charge in [-0.1, -0.05) is 32.0 Å². The number of ketones is 1. The molecule has 2 aliphatic carbocycles. The number of hydrogen-bond donors (Lipinski definition) is 0. The Kier molecular flexibility index (Phi) is 6.81. The molecule has 2 saturated carbocycles. The van der Waals surface area contributed by atoms with Crippen LogP contribution in [0.3, 0.4) is 0 Å². The predicted molar refractivity (Wildman–Crippen MR) is 125 cm³/mol. The number of Topliss-reactive ketones (excluding diaryl/α,β-unsaturated/α-hetero) is 1.